The fourth-order valence-electron chi connectivity index (χ4n) is 1.64. The molecule has 0 spiro atoms. The fourth-order valence-corrected chi connectivity index (χ4v) is 1.64. The van der Waals surface area contributed by atoms with Gasteiger partial charge in [0.05, 0.1) is 25.4 Å². The summed E-state index contributed by atoms with van der Waals surface area (Å²) in [6.07, 6.45) is 1.68. The minimum Gasteiger partial charge on any atom is -0.493 e. The van der Waals surface area contributed by atoms with Crippen LogP contribution in [0.1, 0.15) is 44.0 Å². The molecular weight excluding hydrogens is 272 g/mol. The van der Waals surface area contributed by atoms with Crippen LogP contribution in [0.15, 0.2) is 18.2 Å². The van der Waals surface area contributed by atoms with Gasteiger partial charge in [-0.25, -0.2) is 4.79 Å². The molecule has 0 aliphatic rings. The van der Waals surface area contributed by atoms with Crippen LogP contribution in [0.25, 0.3) is 0 Å². The van der Waals surface area contributed by atoms with Gasteiger partial charge in [0.2, 0.25) is 0 Å². The van der Waals surface area contributed by atoms with Crippen molar-refractivity contribution in [2.45, 2.75) is 33.6 Å². The molecule has 0 radical (unpaired) electrons. The predicted octanol–water partition coefficient (Wildman–Crippen LogP) is 3.01. The maximum Gasteiger partial charge on any atom is 0.379 e. The number of carbonyl (C=O) groups is 2. The van der Waals surface area contributed by atoms with Gasteiger partial charge in [0, 0.05) is 6.07 Å². The first-order valence-corrected chi connectivity index (χ1v) is 7.25. The van der Waals surface area contributed by atoms with Crippen LogP contribution in [0.2, 0.25) is 0 Å². The largest absolute Gasteiger partial charge is 0.493 e. The van der Waals surface area contributed by atoms with Crippen molar-refractivity contribution in [2.24, 2.45) is 0 Å². The number of ether oxygens (including phenoxy) is 3. The summed E-state index contributed by atoms with van der Waals surface area (Å²) in [6.45, 7) is 6.82. The van der Waals surface area contributed by atoms with Gasteiger partial charge in [-0.05, 0) is 31.9 Å². The molecule has 0 bridgehead atoms. The van der Waals surface area contributed by atoms with Crippen LogP contribution in [0.3, 0.4) is 0 Å². The van der Waals surface area contributed by atoms with Crippen molar-refractivity contribution in [2.75, 3.05) is 19.8 Å². The maximum absolute atomic E-state index is 12.0. The lowest BCUT2D eigenvalue weighted by Gasteiger charge is -2.12. The van der Waals surface area contributed by atoms with Gasteiger partial charge in [0.25, 0.3) is 5.78 Å². The molecule has 0 saturated carbocycles. The molecule has 0 aliphatic heterocycles. The van der Waals surface area contributed by atoms with Gasteiger partial charge in [0.15, 0.2) is 0 Å². The Morgan fingerprint density at radius 1 is 1.00 bits per heavy atom. The number of rotatable bonds is 9. The molecule has 1 aromatic carbocycles. The molecule has 5 heteroatoms. The monoisotopic (exact) mass is 294 g/mol. The summed E-state index contributed by atoms with van der Waals surface area (Å²) in [5, 5.41) is 0. The molecule has 0 unspecified atom stereocenters. The maximum atomic E-state index is 12.0. The molecule has 1 rings (SSSR count). The zero-order valence-corrected chi connectivity index (χ0v) is 12.8. The van der Waals surface area contributed by atoms with E-state index in [1.54, 1.807) is 19.1 Å². The first-order valence-electron chi connectivity index (χ1n) is 7.25. The average molecular weight is 294 g/mol. The van der Waals surface area contributed by atoms with Crippen molar-refractivity contribution < 1.29 is 23.8 Å². The van der Waals surface area contributed by atoms with Crippen LogP contribution >= 0.6 is 0 Å². The second kappa shape index (κ2) is 9.00. The summed E-state index contributed by atoms with van der Waals surface area (Å²) >= 11 is 0. The zero-order valence-electron chi connectivity index (χ0n) is 12.8. The molecule has 1 aromatic rings. The minimum absolute atomic E-state index is 0.160. The van der Waals surface area contributed by atoms with Gasteiger partial charge in [-0.15, -0.1) is 0 Å². The van der Waals surface area contributed by atoms with Crippen molar-refractivity contribution >= 4 is 11.8 Å². The quantitative estimate of drug-likeness (QED) is 0.398. The topological polar surface area (TPSA) is 61.8 Å². The highest BCUT2D eigenvalue weighted by atomic mass is 16.5. The van der Waals surface area contributed by atoms with Gasteiger partial charge in [-0.1, -0.05) is 13.8 Å². The van der Waals surface area contributed by atoms with E-state index in [4.69, 9.17) is 14.2 Å². The van der Waals surface area contributed by atoms with Crippen LogP contribution in [0, 0.1) is 0 Å². The Hall–Kier alpha value is -2.04. The molecule has 0 N–H and O–H groups in total. The molecule has 116 valence electrons. The zero-order chi connectivity index (χ0) is 15.7. The van der Waals surface area contributed by atoms with E-state index < -0.39 is 11.8 Å². The third-order valence-corrected chi connectivity index (χ3v) is 2.59. The van der Waals surface area contributed by atoms with E-state index in [0.717, 1.165) is 12.8 Å². The highest BCUT2D eigenvalue weighted by molar-refractivity contribution is 6.41. The lowest BCUT2D eigenvalue weighted by atomic mass is 10.1. The van der Waals surface area contributed by atoms with Gasteiger partial charge in [0.1, 0.15) is 11.5 Å². The van der Waals surface area contributed by atoms with Gasteiger partial charge in [-0.3, -0.25) is 4.79 Å². The molecule has 0 atom stereocenters. The van der Waals surface area contributed by atoms with E-state index in [9.17, 15) is 9.59 Å². The predicted molar refractivity (Wildman–Crippen MR) is 79.0 cm³/mol. The normalized spacial score (nSPS) is 10.0. The van der Waals surface area contributed by atoms with Crippen LogP contribution in [0.4, 0.5) is 0 Å². The molecular formula is C16H22O5. The summed E-state index contributed by atoms with van der Waals surface area (Å²) in [7, 11) is 0. The van der Waals surface area contributed by atoms with Crippen LogP contribution in [0.5, 0.6) is 11.5 Å². The fraction of sp³-hybridized carbons (Fsp3) is 0.500. The number of carbonyl (C=O) groups excluding carboxylic acids is 2. The Morgan fingerprint density at radius 2 is 1.67 bits per heavy atom. The van der Waals surface area contributed by atoms with Gasteiger partial charge >= 0.3 is 5.97 Å². The van der Waals surface area contributed by atoms with Crippen LogP contribution < -0.4 is 9.47 Å². The molecule has 0 amide bonds. The lowest BCUT2D eigenvalue weighted by molar-refractivity contribution is -0.137. The average Bonchev–Trinajstić information content (AvgIpc) is 2.50. The molecule has 0 aromatic heterocycles. The number of ketones is 1. The summed E-state index contributed by atoms with van der Waals surface area (Å²) < 4.78 is 15.8. The number of hydrogen-bond donors (Lipinski definition) is 0. The second-order valence-corrected chi connectivity index (χ2v) is 4.40. The van der Waals surface area contributed by atoms with Crippen LogP contribution in [-0.4, -0.2) is 31.6 Å². The molecule has 0 saturated heterocycles. The van der Waals surface area contributed by atoms with Crippen molar-refractivity contribution in [1.29, 1.82) is 0 Å². The van der Waals surface area contributed by atoms with Gasteiger partial charge in [-0.2, -0.15) is 0 Å². The van der Waals surface area contributed by atoms with E-state index in [0.29, 0.717) is 24.7 Å². The third-order valence-electron chi connectivity index (χ3n) is 2.59. The number of Topliss-reactive ketones (excluding diaryl/α,β-unsaturated/α-hetero) is 1. The lowest BCUT2D eigenvalue weighted by Crippen LogP contribution is -2.18. The number of benzene rings is 1. The minimum atomic E-state index is -0.874. The highest BCUT2D eigenvalue weighted by Crippen LogP contribution is 2.26. The van der Waals surface area contributed by atoms with Crippen molar-refractivity contribution in [3.05, 3.63) is 23.8 Å². The van der Waals surface area contributed by atoms with Gasteiger partial charge < -0.3 is 14.2 Å². The summed E-state index contributed by atoms with van der Waals surface area (Å²) in [5.41, 5.74) is 0.200. The smallest absolute Gasteiger partial charge is 0.379 e. The Balaban J connectivity index is 3.00. The van der Waals surface area contributed by atoms with E-state index >= 15 is 0 Å². The first-order chi connectivity index (χ1) is 10.1. The van der Waals surface area contributed by atoms with Crippen molar-refractivity contribution in [1.82, 2.24) is 0 Å². The van der Waals surface area contributed by atoms with Crippen LogP contribution in [-0.2, 0) is 9.53 Å². The van der Waals surface area contributed by atoms with Crippen molar-refractivity contribution in [3.8, 4) is 11.5 Å². The Bertz CT molecular complexity index is 482. The Labute approximate surface area is 125 Å². The molecule has 0 aliphatic carbocycles. The van der Waals surface area contributed by atoms with E-state index in [2.05, 4.69) is 0 Å². The summed E-state index contributed by atoms with van der Waals surface area (Å²) in [6, 6.07) is 4.83. The molecule has 5 nitrogen and oxygen atoms in total. The number of hydrogen-bond acceptors (Lipinski definition) is 5. The van der Waals surface area contributed by atoms with Crippen molar-refractivity contribution in [3.63, 3.8) is 0 Å². The Kier molecular flexibility index (Phi) is 7.29. The first kappa shape index (κ1) is 17.0. The summed E-state index contributed by atoms with van der Waals surface area (Å²) in [5.74, 6) is -0.613. The number of esters is 1. The second-order valence-electron chi connectivity index (χ2n) is 4.40. The van der Waals surface area contributed by atoms with E-state index in [1.807, 2.05) is 13.8 Å². The SMILES string of the molecule is CCCOc1ccc(C(=O)C(=O)OCC)c(OCCC)c1. The third kappa shape index (κ3) is 5.10. The van der Waals surface area contributed by atoms with E-state index in [-0.39, 0.29) is 12.2 Å². The van der Waals surface area contributed by atoms with E-state index in [1.165, 1.54) is 6.07 Å². The summed E-state index contributed by atoms with van der Waals surface area (Å²) in [4.78, 5) is 23.6. The standard InChI is InChI=1S/C16H22O5/c1-4-9-20-12-7-8-13(14(11-12)21-10-5-2)15(17)16(18)19-6-3/h7-8,11H,4-6,9-10H2,1-3H3. The molecule has 0 heterocycles. The Morgan fingerprint density at radius 3 is 2.29 bits per heavy atom. The molecule has 0 fully saturated rings. The molecule has 21 heavy (non-hydrogen) atoms. The highest BCUT2D eigenvalue weighted by Gasteiger charge is 2.22.